The summed E-state index contributed by atoms with van der Waals surface area (Å²) in [5.41, 5.74) is 1.11. The van der Waals surface area contributed by atoms with Crippen LogP contribution in [0.4, 0.5) is 0 Å². The number of aliphatic hydroxyl groups is 1. The molecule has 0 saturated carbocycles. The summed E-state index contributed by atoms with van der Waals surface area (Å²) >= 11 is 5.70. The van der Waals surface area contributed by atoms with Gasteiger partial charge < -0.3 is 5.11 Å². The number of aryl methyl sites for hydroxylation is 1. The number of aromatic nitrogens is 4. The molecular formula is C9H9ClN4O. The molecule has 2 aromatic heterocycles. The number of rotatable bonds is 2. The Morgan fingerprint density at radius 2 is 2.20 bits per heavy atom. The first-order valence-electron chi connectivity index (χ1n) is 4.32. The van der Waals surface area contributed by atoms with Gasteiger partial charge in [0.05, 0.1) is 22.6 Å². The molecule has 1 unspecified atom stereocenters. The van der Waals surface area contributed by atoms with Crippen molar-refractivity contribution >= 4 is 11.6 Å². The van der Waals surface area contributed by atoms with Crippen LogP contribution in [0.1, 0.15) is 17.5 Å². The molecule has 6 heteroatoms. The maximum Gasteiger partial charge on any atom is 0.139 e. The van der Waals surface area contributed by atoms with E-state index >= 15 is 0 Å². The maximum atomic E-state index is 9.95. The molecule has 1 atom stereocenters. The van der Waals surface area contributed by atoms with Gasteiger partial charge in [0.2, 0.25) is 0 Å². The Bertz CT molecular complexity index is 453. The van der Waals surface area contributed by atoms with Gasteiger partial charge in [0.15, 0.2) is 0 Å². The largest absolute Gasteiger partial charge is 0.380 e. The Hall–Kier alpha value is -1.46. The summed E-state index contributed by atoms with van der Waals surface area (Å²) < 4.78 is 1.50. The second-order valence-electron chi connectivity index (χ2n) is 3.09. The molecule has 0 radical (unpaired) electrons. The molecule has 0 saturated heterocycles. The van der Waals surface area contributed by atoms with Crippen molar-refractivity contribution in [3.63, 3.8) is 0 Å². The third kappa shape index (κ3) is 1.98. The molecule has 0 aromatic carbocycles. The molecular weight excluding hydrogens is 216 g/mol. The second-order valence-corrected chi connectivity index (χ2v) is 3.52. The number of aliphatic hydroxyl groups excluding tert-OH is 1. The molecule has 0 bridgehead atoms. The van der Waals surface area contributed by atoms with Crippen LogP contribution in [0.3, 0.4) is 0 Å². The van der Waals surface area contributed by atoms with Gasteiger partial charge in [-0.2, -0.15) is 0 Å². The molecule has 0 aliphatic rings. The van der Waals surface area contributed by atoms with Crippen molar-refractivity contribution in [2.24, 2.45) is 7.05 Å². The second kappa shape index (κ2) is 3.96. The highest BCUT2D eigenvalue weighted by atomic mass is 35.5. The predicted molar refractivity (Wildman–Crippen MR) is 54.3 cm³/mol. The van der Waals surface area contributed by atoms with Crippen molar-refractivity contribution < 1.29 is 5.11 Å². The first-order valence-corrected chi connectivity index (χ1v) is 4.70. The minimum Gasteiger partial charge on any atom is -0.380 e. The summed E-state index contributed by atoms with van der Waals surface area (Å²) in [4.78, 5) is 4.02. The zero-order valence-corrected chi connectivity index (χ0v) is 8.76. The molecule has 2 heterocycles. The van der Waals surface area contributed by atoms with E-state index in [1.807, 2.05) is 0 Å². The number of pyridine rings is 1. The monoisotopic (exact) mass is 224 g/mol. The van der Waals surface area contributed by atoms with E-state index < -0.39 is 6.10 Å². The molecule has 2 rings (SSSR count). The van der Waals surface area contributed by atoms with Crippen LogP contribution in [0.25, 0.3) is 0 Å². The van der Waals surface area contributed by atoms with Crippen LogP contribution in [0.15, 0.2) is 24.5 Å². The lowest BCUT2D eigenvalue weighted by atomic mass is 10.2. The number of nitrogens with zero attached hydrogens (tertiary/aromatic N) is 4. The lowest BCUT2D eigenvalue weighted by molar-refractivity contribution is 0.205. The van der Waals surface area contributed by atoms with Crippen LogP contribution >= 0.6 is 11.6 Å². The minimum atomic E-state index is -0.831. The van der Waals surface area contributed by atoms with E-state index in [9.17, 15) is 5.11 Å². The van der Waals surface area contributed by atoms with E-state index in [-0.39, 0.29) is 0 Å². The third-order valence-electron chi connectivity index (χ3n) is 2.06. The van der Waals surface area contributed by atoms with Crippen LogP contribution in [0, 0.1) is 0 Å². The fraction of sp³-hybridized carbons (Fsp3) is 0.222. The van der Waals surface area contributed by atoms with E-state index in [1.165, 1.54) is 17.1 Å². The molecule has 0 aliphatic carbocycles. The van der Waals surface area contributed by atoms with E-state index in [4.69, 9.17) is 11.6 Å². The fourth-order valence-electron chi connectivity index (χ4n) is 1.25. The Kier molecular flexibility index (Phi) is 2.66. The van der Waals surface area contributed by atoms with Crippen LogP contribution in [0.2, 0.25) is 5.02 Å². The van der Waals surface area contributed by atoms with Crippen LogP contribution in [-0.4, -0.2) is 25.1 Å². The topological polar surface area (TPSA) is 63.8 Å². The summed E-state index contributed by atoms with van der Waals surface area (Å²) in [6.45, 7) is 0. The van der Waals surface area contributed by atoms with Gasteiger partial charge >= 0.3 is 0 Å². The van der Waals surface area contributed by atoms with Crippen molar-refractivity contribution in [2.75, 3.05) is 0 Å². The zero-order chi connectivity index (χ0) is 10.8. The van der Waals surface area contributed by atoms with Gasteiger partial charge in [-0.3, -0.25) is 4.98 Å². The molecule has 78 valence electrons. The number of hydrogen-bond donors (Lipinski definition) is 1. The van der Waals surface area contributed by atoms with Gasteiger partial charge in [-0.05, 0) is 12.1 Å². The van der Waals surface area contributed by atoms with Crippen molar-refractivity contribution in [3.8, 4) is 0 Å². The predicted octanol–water partition coefficient (Wildman–Crippen LogP) is 0.945. The van der Waals surface area contributed by atoms with E-state index in [1.54, 1.807) is 19.2 Å². The van der Waals surface area contributed by atoms with Gasteiger partial charge in [0, 0.05) is 13.2 Å². The first kappa shape index (κ1) is 10.1. The average molecular weight is 225 g/mol. The van der Waals surface area contributed by atoms with Crippen LogP contribution < -0.4 is 0 Å². The number of halogens is 1. The van der Waals surface area contributed by atoms with Crippen LogP contribution in [0.5, 0.6) is 0 Å². The molecule has 0 fully saturated rings. The molecule has 0 spiro atoms. The standard InChI is InChI=1S/C9H9ClN4O/c1-14-8(5-12-13-14)9(15)7-3-2-6(10)4-11-7/h2-5,9,15H,1H3. The van der Waals surface area contributed by atoms with Crippen molar-refractivity contribution in [3.05, 3.63) is 40.9 Å². The highest BCUT2D eigenvalue weighted by Crippen LogP contribution is 2.19. The summed E-state index contributed by atoms with van der Waals surface area (Å²) in [5, 5.41) is 17.9. The van der Waals surface area contributed by atoms with Crippen molar-refractivity contribution in [1.82, 2.24) is 20.0 Å². The Labute approximate surface area is 91.3 Å². The third-order valence-corrected chi connectivity index (χ3v) is 2.28. The SMILES string of the molecule is Cn1nncc1C(O)c1ccc(Cl)cn1. The molecule has 0 aliphatic heterocycles. The Balaban J connectivity index is 2.32. The summed E-state index contributed by atoms with van der Waals surface area (Å²) in [7, 11) is 1.71. The lowest BCUT2D eigenvalue weighted by Gasteiger charge is -2.08. The lowest BCUT2D eigenvalue weighted by Crippen LogP contribution is -2.07. The highest BCUT2D eigenvalue weighted by molar-refractivity contribution is 6.30. The van der Waals surface area contributed by atoms with Gasteiger partial charge in [-0.25, -0.2) is 4.68 Å². The summed E-state index contributed by atoms with van der Waals surface area (Å²) in [6.07, 6.45) is 2.16. The zero-order valence-electron chi connectivity index (χ0n) is 8.00. The molecule has 1 N–H and O–H groups in total. The molecule has 15 heavy (non-hydrogen) atoms. The van der Waals surface area contributed by atoms with E-state index in [0.29, 0.717) is 16.4 Å². The fourth-order valence-corrected chi connectivity index (χ4v) is 1.36. The number of hydrogen-bond acceptors (Lipinski definition) is 4. The average Bonchev–Trinajstić information content (AvgIpc) is 2.65. The van der Waals surface area contributed by atoms with Crippen molar-refractivity contribution in [2.45, 2.75) is 6.10 Å². The van der Waals surface area contributed by atoms with Gasteiger partial charge in [-0.15, -0.1) is 5.10 Å². The normalized spacial score (nSPS) is 12.7. The van der Waals surface area contributed by atoms with E-state index in [0.717, 1.165) is 0 Å². The molecule has 5 nitrogen and oxygen atoms in total. The molecule has 0 amide bonds. The summed E-state index contributed by atoms with van der Waals surface area (Å²) in [5.74, 6) is 0. The maximum absolute atomic E-state index is 9.95. The Morgan fingerprint density at radius 3 is 2.73 bits per heavy atom. The van der Waals surface area contributed by atoms with Gasteiger partial charge in [0.25, 0.3) is 0 Å². The smallest absolute Gasteiger partial charge is 0.139 e. The molecule has 2 aromatic rings. The van der Waals surface area contributed by atoms with Gasteiger partial charge in [0.1, 0.15) is 6.10 Å². The highest BCUT2D eigenvalue weighted by Gasteiger charge is 2.15. The van der Waals surface area contributed by atoms with E-state index in [2.05, 4.69) is 15.3 Å². The summed E-state index contributed by atoms with van der Waals surface area (Å²) in [6, 6.07) is 3.34. The first-order chi connectivity index (χ1) is 7.18. The Morgan fingerprint density at radius 1 is 1.40 bits per heavy atom. The van der Waals surface area contributed by atoms with Gasteiger partial charge in [-0.1, -0.05) is 16.8 Å². The van der Waals surface area contributed by atoms with Crippen molar-refractivity contribution in [1.29, 1.82) is 0 Å². The quantitative estimate of drug-likeness (QED) is 0.825. The van der Waals surface area contributed by atoms with Crippen LogP contribution in [-0.2, 0) is 7.05 Å². The minimum absolute atomic E-state index is 0.518.